The number of sulfonamides is 1. The molecule has 7 heteroatoms. The zero-order valence-corrected chi connectivity index (χ0v) is 12.1. The Bertz CT molecular complexity index is 637. The highest BCUT2D eigenvalue weighted by Gasteiger charge is 2.17. The van der Waals surface area contributed by atoms with Gasteiger partial charge in [0.15, 0.2) is 4.21 Å². The van der Waals surface area contributed by atoms with Gasteiger partial charge in [-0.1, -0.05) is 12.1 Å². The maximum atomic E-state index is 12.0. The summed E-state index contributed by atoms with van der Waals surface area (Å²) >= 11 is 4.43. The molecule has 1 aromatic carbocycles. The molecule has 0 radical (unpaired) electrons. The Balaban J connectivity index is 2.33. The van der Waals surface area contributed by atoms with Crippen LogP contribution in [0.15, 0.2) is 39.1 Å². The van der Waals surface area contributed by atoms with Crippen molar-refractivity contribution in [2.75, 3.05) is 4.72 Å². The van der Waals surface area contributed by atoms with Crippen LogP contribution < -0.4 is 4.72 Å². The molecule has 0 bridgehead atoms. The fourth-order valence-electron chi connectivity index (χ4n) is 1.21. The van der Waals surface area contributed by atoms with E-state index in [1.165, 1.54) is 6.20 Å². The van der Waals surface area contributed by atoms with Crippen molar-refractivity contribution >= 4 is 43.0 Å². The minimum atomic E-state index is -3.54. The molecular weight excluding hydrogens is 324 g/mol. The van der Waals surface area contributed by atoms with Crippen LogP contribution in [0.4, 0.5) is 5.69 Å². The average Bonchev–Trinajstić information content (AvgIpc) is 2.69. The lowest BCUT2D eigenvalue weighted by atomic mass is 10.3. The van der Waals surface area contributed by atoms with Crippen LogP contribution in [0.3, 0.4) is 0 Å². The number of thiazole rings is 1. The predicted molar refractivity (Wildman–Crippen MR) is 71.8 cm³/mol. The second-order valence-corrected chi connectivity index (χ2v) is 7.28. The summed E-state index contributed by atoms with van der Waals surface area (Å²) in [5.41, 5.74) is 0.513. The summed E-state index contributed by atoms with van der Waals surface area (Å²) in [7, 11) is -3.54. The molecule has 17 heavy (non-hydrogen) atoms. The number of rotatable bonds is 3. The molecule has 1 heterocycles. The number of anilines is 1. The zero-order valence-electron chi connectivity index (χ0n) is 8.84. The Labute approximate surface area is 112 Å². The van der Waals surface area contributed by atoms with Crippen LogP contribution in [-0.4, -0.2) is 13.4 Å². The lowest BCUT2D eigenvalue weighted by Gasteiger charge is -2.07. The van der Waals surface area contributed by atoms with E-state index in [2.05, 4.69) is 25.6 Å². The van der Waals surface area contributed by atoms with Gasteiger partial charge in [0.25, 0.3) is 10.0 Å². The monoisotopic (exact) mass is 332 g/mol. The molecule has 0 aliphatic carbocycles. The number of halogens is 1. The first kappa shape index (κ1) is 12.5. The normalized spacial score (nSPS) is 11.4. The summed E-state index contributed by atoms with van der Waals surface area (Å²) < 4.78 is 27.4. The van der Waals surface area contributed by atoms with E-state index in [0.29, 0.717) is 10.2 Å². The van der Waals surface area contributed by atoms with Crippen molar-refractivity contribution in [3.63, 3.8) is 0 Å². The minimum absolute atomic E-state index is 0.214. The quantitative estimate of drug-likeness (QED) is 0.939. The van der Waals surface area contributed by atoms with Crippen LogP contribution in [0.5, 0.6) is 0 Å². The second kappa shape index (κ2) is 4.75. The molecule has 0 amide bonds. The van der Waals surface area contributed by atoms with E-state index in [0.717, 1.165) is 16.3 Å². The summed E-state index contributed by atoms with van der Waals surface area (Å²) in [6.07, 6.45) is 1.36. The highest BCUT2D eigenvalue weighted by atomic mass is 79.9. The summed E-state index contributed by atoms with van der Waals surface area (Å²) in [6, 6.07) is 7.05. The molecule has 1 N–H and O–H groups in total. The standard InChI is InChI=1S/C10H9BrN2O2S2/c1-7-12-6-10(16-7)17(14,15)13-9-5-3-2-4-8(9)11/h2-6,13H,1H3. The molecule has 2 rings (SSSR count). The largest absolute Gasteiger partial charge is 0.278 e. The summed E-state index contributed by atoms with van der Waals surface area (Å²) in [6.45, 7) is 1.77. The molecule has 4 nitrogen and oxygen atoms in total. The Morgan fingerprint density at radius 2 is 2.06 bits per heavy atom. The first-order valence-corrected chi connectivity index (χ1v) is 7.78. The molecule has 0 fully saturated rings. The molecule has 0 aliphatic rings. The number of nitrogens with zero attached hydrogens (tertiary/aromatic N) is 1. The SMILES string of the molecule is Cc1ncc(S(=O)(=O)Nc2ccccc2Br)s1. The van der Waals surface area contributed by atoms with Crippen molar-refractivity contribution < 1.29 is 8.42 Å². The zero-order chi connectivity index (χ0) is 12.5. The van der Waals surface area contributed by atoms with E-state index in [1.807, 2.05) is 6.07 Å². The molecule has 0 saturated carbocycles. The van der Waals surface area contributed by atoms with E-state index < -0.39 is 10.0 Å². The number of benzene rings is 1. The molecule has 0 aliphatic heterocycles. The maximum Gasteiger partial charge on any atom is 0.273 e. The number of para-hydroxylation sites is 1. The van der Waals surface area contributed by atoms with Gasteiger partial charge >= 0.3 is 0 Å². The van der Waals surface area contributed by atoms with E-state index in [-0.39, 0.29) is 4.21 Å². The van der Waals surface area contributed by atoms with Crippen molar-refractivity contribution in [2.45, 2.75) is 11.1 Å². The summed E-state index contributed by atoms with van der Waals surface area (Å²) in [5, 5.41) is 0.720. The summed E-state index contributed by atoms with van der Waals surface area (Å²) in [4.78, 5) is 3.93. The number of aryl methyl sites for hydroxylation is 1. The van der Waals surface area contributed by atoms with Crippen LogP contribution in [0.1, 0.15) is 5.01 Å². The Kier molecular flexibility index (Phi) is 3.50. The molecule has 90 valence electrons. The van der Waals surface area contributed by atoms with Gasteiger partial charge in [0.05, 0.1) is 16.9 Å². The Hall–Kier alpha value is -0.920. The Morgan fingerprint density at radius 1 is 1.35 bits per heavy atom. The third-order valence-corrected chi connectivity index (χ3v) is 5.41. The minimum Gasteiger partial charge on any atom is -0.278 e. The molecule has 0 spiro atoms. The first-order valence-electron chi connectivity index (χ1n) is 4.69. The fourth-order valence-corrected chi connectivity index (χ4v) is 3.91. The Morgan fingerprint density at radius 3 is 2.65 bits per heavy atom. The third-order valence-electron chi connectivity index (χ3n) is 1.98. The lowest BCUT2D eigenvalue weighted by molar-refractivity contribution is 0.603. The van der Waals surface area contributed by atoms with Crippen molar-refractivity contribution in [2.24, 2.45) is 0 Å². The van der Waals surface area contributed by atoms with Gasteiger partial charge in [0.1, 0.15) is 0 Å². The van der Waals surface area contributed by atoms with Gasteiger partial charge in [-0.25, -0.2) is 13.4 Å². The fraction of sp³-hybridized carbons (Fsp3) is 0.100. The van der Waals surface area contributed by atoms with E-state index in [1.54, 1.807) is 25.1 Å². The molecular formula is C10H9BrN2O2S2. The van der Waals surface area contributed by atoms with Gasteiger partial charge < -0.3 is 0 Å². The van der Waals surface area contributed by atoms with Gasteiger partial charge in [-0.3, -0.25) is 4.72 Å². The van der Waals surface area contributed by atoms with Gasteiger partial charge in [0.2, 0.25) is 0 Å². The van der Waals surface area contributed by atoms with E-state index in [9.17, 15) is 8.42 Å². The smallest absolute Gasteiger partial charge is 0.273 e. The average molecular weight is 333 g/mol. The maximum absolute atomic E-state index is 12.0. The summed E-state index contributed by atoms with van der Waals surface area (Å²) in [5.74, 6) is 0. The van der Waals surface area contributed by atoms with Gasteiger partial charge in [-0.2, -0.15) is 0 Å². The van der Waals surface area contributed by atoms with Crippen LogP contribution >= 0.6 is 27.3 Å². The van der Waals surface area contributed by atoms with Crippen LogP contribution in [0.25, 0.3) is 0 Å². The van der Waals surface area contributed by atoms with Crippen molar-refractivity contribution in [1.29, 1.82) is 0 Å². The van der Waals surface area contributed by atoms with Crippen LogP contribution in [0.2, 0.25) is 0 Å². The van der Waals surface area contributed by atoms with Crippen molar-refractivity contribution in [3.8, 4) is 0 Å². The van der Waals surface area contributed by atoms with Gasteiger partial charge in [-0.05, 0) is 35.0 Å². The highest BCUT2D eigenvalue weighted by molar-refractivity contribution is 9.10. The van der Waals surface area contributed by atoms with Gasteiger partial charge in [0, 0.05) is 4.47 Å². The predicted octanol–water partition coefficient (Wildman–Crippen LogP) is 3.01. The third kappa shape index (κ3) is 2.85. The van der Waals surface area contributed by atoms with Crippen molar-refractivity contribution in [3.05, 3.63) is 39.9 Å². The number of hydrogen-bond donors (Lipinski definition) is 1. The first-order chi connectivity index (χ1) is 7.99. The van der Waals surface area contributed by atoms with Crippen LogP contribution in [0, 0.1) is 6.92 Å². The van der Waals surface area contributed by atoms with E-state index in [4.69, 9.17) is 0 Å². The topological polar surface area (TPSA) is 59.1 Å². The molecule has 2 aromatic rings. The second-order valence-electron chi connectivity index (χ2n) is 3.28. The lowest BCUT2D eigenvalue weighted by Crippen LogP contribution is -2.11. The number of nitrogens with one attached hydrogen (secondary N) is 1. The molecule has 0 atom stereocenters. The molecule has 0 saturated heterocycles. The number of aromatic nitrogens is 1. The highest BCUT2D eigenvalue weighted by Crippen LogP contribution is 2.26. The van der Waals surface area contributed by atoms with E-state index >= 15 is 0 Å². The van der Waals surface area contributed by atoms with Crippen LogP contribution in [-0.2, 0) is 10.0 Å². The molecule has 1 aromatic heterocycles. The molecule has 0 unspecified atom stereocenters. The number of hydrogen-bond acceptors (Lipinski definition) is 4. The van der Waals surface area contributed by atoms with Crippen molar-refractivity contribution in [1.82, 2.24) is 4.98 Å². The van der Waals surface area contributed by atoms with Gasteiger partial charge in [-0.15, -0.1) is 11.3 Å².